The predicted molar refractivity (Wildman–Crippen MR) is 83.9 cm³/mol. The minimum atomic E-state index is -0.189. The molecule has 116 valence electrons. The second-order valence-electron chi connectivity index (χ2n) is 5.35. The molecule has 0 aliphatic carbocycles. The summed E-state index contributed by atoms with van der Waals surface area (Å²) < 4.78 is 0. The van der Waals surface area contributed by atoms with Crippen molar-refractivity contribution in [3.05, 3.63) is 39.2 Å². The van der Waals surface area contributed by atoms with Crippen LogP contribution in [-0.2, 0) is 4.79 Å². The number of rotatable bonds is 4. The maximum atomic E-state index is 12.1. The molecule has 2 rings (SSSR count). The van der Waals surface area contributed by atoms with Crippen molar-refractivity contribution in [3.8, 4) is 0 Å². The van der Waals surface area contributed by atoms with Crippen LogP contribution < -0.4 is 4.90 Å². The summed E-state index contributed by atoms with van der Waals surface area (Å²) in [5.41, 5.74) is 9.39. The second-order valence-corrected chi connectivity index (χ2v) is 5.76. The highest BCUT2D eigenvalue weighted by Crippen LogP contribution is 2.29. The van der Waals surface area contributed by atoms with Crippen molar-refractivity contribution in [2.75, 3.05) is 32.1 Å². The van der Waals surface area contributed by atoms with Crippen molar-refractivity contribution in [2.24, 2.45) is 11.0 Å². The van der Waals surface area contributed by atoms with E-state index in [-0.39, 0.29) is 17.7 Å². The Labute approximate surface area is 133 Å². The quantitative estimate of drug-likeness (QED) is 0.484. The Hall–Kier alpha value is -2.24. The van der Waals surface area contributed by atoms with Gasteiger partial charge in [-0.2, -0.15) is 0 Å². The molecule has 1 aromatic carbocycles. The Balaban J connectivity index is 2.20. The summed E-state index contributed by atoms with van der Waals surface area (Å²) in [5, 5.41) is 3.82. The van der Waals surface area contributed by atoms with E-state index >= 15 is 0 Å². The molecule has 22 heavy (non-hydrogen) atoms. The average molecular weight is 322 g/mol. The zero-order valence-electron chi connectivity index (χ0n) is 12.4. The molecule has 0 aromatic heterocycles. The zero-order valence-corrected chi connectivity index (χ0v) is 13.1. The van der Waals surface area contributed by atoms with Crippen molar-refractivity contribution in [3.63, 3.8) is 0 Å². The number of hydrogen-bond acceptors (Lipinski definition) is 3. The van der Waals surface area contributed by atoms with Gasteiger partial charge in [0.2, 0.25) is 5.91 Å². The number of amides is 2. The molecule has 0 N–H and O–H groups in total. The fourth-order valence-corrected chi connectivity index (χ4v) is 2.65. The summed E-state index contributed by atoms with van der Waals surface area (Å²) in [4.78, 5) is 29.8. The number of benzene rings is 1. The zero-order chi connectivity index (χ0) is 16.3. The number of carbonyl (C=O) groups is 2. The van der Waals surface area contributed by atoms with E-state index < -0.39 is 0 Å². The van der Waals surface area contributed by atoms with Gasteiger partial charge in [-0.05, 0) is 29.6 Å². The summed E-state index contributed by atoms with van der Waals surface area (Å²) in [6.07, 6.45) is 0.342. The van der Waals surface area contributed by atoms with E-state index in [0.717, 1.165) is 0 Å². The van der Waals surface area contributed by atoms with Gasteiger partial charge in [0.25, 0.3) is 5.91 Å². The molecule has 8 heteroatoms. The topological polar surface area (TPSA) is 89.4 Å². The number of halogens is 1. The number of nitrogens with zero attached hydrogens (tertiary/aromatic N) is 5. The first-order chi connectivity index (χ1) is 10.4. The lowest BCUT2D eigenvalue weighted by Gasteiger charge is -2.18. The molecule has 1 aromatic rings. The Morgan fingerprint density at radius 1 is 1.55 bits per heavy atom. The molecule has 0 saturated carbocycles. The van der Waals surface area contributed by atoms with Crippen LogP contribution in [0.1, 0.15) is 16.8 Å². The van der Waals surface area contributed by atoms with E-state index in [4.69, 9.17) is 17.1 Å². The lowest BCUT2D eigenvalue weighted by Crippen LogP contribution is -2.25. The van der Waals surface area contributed by atoms with Crippen LogP contribution in [0.5, 0.6) is 0 Å². The van der Waals surface area contributed by atoms with Gasteiger partial charge in [0.15, 0.2) is 0 Å². The first kappa shape index (κ1) is 16.1. The average Bonchev–Trinajstić information content (AvgIpc) is 2.85. The van der Waals surface area contributed by atoms with Gasteiger partial charge in [-0.15, -0.1) is 0 Å². The molecule has 0 radical (unpaired) electrons. The predicted octanol–water partition coefficient (Wildman–Crippen LogP) is 2.71. The fourth-order valence-electron chi connectivity index (χ4n) is 2.39. The molecule has 1 aliphatic rings. The van der Waals surface area contributed by atoms with Crippen LogP contribution >= 0.6 is 11.6 Å². The van der Waals surface area contributed by atoms with Gasteiger partial charge in [0, 0.05) is 44.2 Å². The van der Waals surface area contributed by atoms with Crippen molar-refractivity contribution < 1.29 is 9.59 Å². The Bertz CT molecular complexity index is 655. The summed E-state index contributed by atoms with van der Waals surface area (Å²) in [5.74, 6) is -0.225. The van der Waals surface area contributed by atoms with Gasteiger partial charge in [0.1, 0.15) is 0 Å². The van der Waals surface area contributed by atoms with Crippen LogP contribution in [-0.4, -0.2) is 43.9 Å². The first-order valence-electron chi connectivity index (χ1n) is 6.76. The molecule has 2 amide bonds. The van der Waals surface area contributed by atoms with Crippen LogP contribution in [0.15, 0.2) is 23.3 Å². The van der Waals surface area contributed by atoms with E-state index in [2.05, 4.69) is 10.0 Å². The molecule has 1 aliphatic heterocycles. The number of azide groups is 1. The van der Waals surface area contributed by atoms with Gasteiger partial charge in [-0.25, -0.2) is 0 Å². The third kappa shape index (κ3) is 3.32. The minimum absolute atomic E-state index is 0.00487. The van der Waals surface area contributed by atoms with Gasteiger partial charge < -0.3 is 9.80 Å². The molecule has 1 heterocycles. The van der Waals surface area contributed by atoms with Crippen molar-refractivity contribution in [1.29, 1.82) is 0 Å². The monoisotopic (exact) mass is 321 g/mol. The van der Waals surface area contributed by atoms with E-state index in [1.54, 1.807) is 37.2 Å². The maximum absolute atomic E-state index is 12.1. The molecule has 0 spiro atoms. The highest BCUT2D eigenvalue weighted by atomic mass is 35.5. The molecule has 1 atom stereocenters. The molecular formula is C14H16ClN5O2. The van der Waals surface area contributed by atoms with Crippen LogP contribution in [0, 0.1) is 5.92 Å². The van der Waals surface area contributed by atoms with E-state index in [1.165, 1.54) is 4.90 Å². The fraction of sp³-hybridized carbons (Fsp3) is 0.429. The van der Waals surface area contributed by atoms with Gasteiger partial charge in [-0.3, -0.25) is 9.59 Å². The summed E-state index contributed by atoms with van der Waals surface area (Å²) in [7, 11) is 3.30. The van der Waals surface area contributed by atoms with E-state index in [1.807, 2.05) is 0 Å². The maximum Gasteiger partial charge on any atom is 0.254 e. The number of hydrogen-bond donors (Lipinski definition) is 0. The van der Waals surface area contributed by atoms with E-state index in [0.29, 0.717) is 35.8 Å². The SMILES string of the molecule is CN(C)C(=O)c1ccc(N2CC(CN=[N+]=[N-])CC2=O)cc1Cl. The minimum Gasteiger partial charge on any atom is -0.345 e. The van der Waals surface area contributed by atoms with Crippen LogP contribution in [0.4, 0.5) is 5.69 Å². The van der Waals surface area contributed by atoms with Crippen LogP contribution in [0.25, 0.3) is 10.4 Å². The lowest BCUT2D eigenvalue weighted by atomic mass is 10.1. The van der Waals surface area contributed by atoms with Crippen LogP contribution in [0.3, 0.4) is 0 Å². The first-order valence-corrected chi connectivity index (χ1v) is 7.14. The molecular weight excluding hydrogens is 306 g/mol. The van der Waals surface area contributed by atoms with Gasteiger partial charge in [0.05, 0.1) is 10.6 Å². The second kappa shape index (κ2) is 6.68. The smallest absolute Gasteiger partial charge is 0.254 e. The Morgan fingerprint density at radius 3 is 2.86 bits per heavy atom. The highest BCUT2D eigenvalue weighted by Gasteiger charge is 2.30. The largest absolute Gasteiger partial charge is 0.345 e. The lowest BCUT2D eigenvalue weighted by molar-refractivity contribution is -0.117. The Morgan fingerprint density at radius 2 is 2.27 bits per heavy atom. The Kier molecular flexibility index (Phi) is 4.90. The normalized spacial score (nSPS) is 17.3. The molecule has 1 fully saturated rings. The van der Waals surface area contributed by atoms with Crippen molar-refractivity contribution >= 4 is 29.1 Å². The molecule has 1 unspecified atom stereocenters. The number of carbonyl (C=O) groups excluding carboxylic acids is 2. The standard InChI is InChI=1S/C14H16ClN5O2/c1-19(2)14(22)11-4-3-10(6-12(11)15)20-8-9(5-13(20)21)7-17-18-16/h3-4,6,9H,5,7-8H2,1-2H3. The molecule has 1 saturated heterocycles. The summed E-state index contributed by atoms with van der Waals surface area (Å²) >= 11 is 6.16. The van der Waals surface area contributed by atoms with Crippen molar-refractivity contribution in [1.82, 2.24) is 4.90 Å². The third-order valence-corrected chi connectivity index (χ3v) is 3.82. The van der Waals surface area contributed by atoms with Gasteiger partial charge in [-0.1, -0.05) is 16.7 Å². The van der Waals surface area contributed by atoms with Crippen molar-refractivity contribution in [2.45, 2.75) is 6.42 Å². The molecule has 7 nitrogen and oxygen atoms in total. The summed E-state index contributed by atoms with van der Waals surface area (Å²) in [6, 6.07) is 4.94. The molecule has 0 bridgehead atoms. The summed E-state index contributed by atoms with van der Waals surface area (Å²) in [6.45, 7) is 0.777. The van der Waals surface area contributed by atoms with E-state index in [9.17, 15) is 9.59 Å². The van der Waals surface area contributed by atoms with Gasteiger partial charge >= 0.3 is 0 Å². The number of anilines is 1. The highest BCUT2D eigenvalue weighted by molar-refractivity contribution is 6.34. The van der Waals surface area contributed by atoms with Crippen LogP contribution in [0.2, 0.25) is 5.02 Å². The third-order valence-electron chi connectivity index (χ3n) is 3.51.